The fourth-order valence-electron chi connectivity index (χ4n) is 1.17. The molecule has 0 radical (unpaired) electrons. The van der Waals surface area contributed by atoms with E-state index >= 15 is 0 Å². The highest BCUT2D eigenvalue weighted by molar-refractivity contribution is 8.04. The predicted octanol–water partition coefficient (Wildman–Crippen LogP) is -0.170. The molecule has 118 valence electrons. The van der Waals surface area contributed by atoms with Gasteiger partial charge in [0.05, 0.1) is 9.79 Å². The third kappa shape index (κ3) is 11.3. The van der Waals surface area contributed by atoms with Crippen molar-refractivity contribution in [1.82, 2.24) is 0 Å². The van der Waals surface area contributed by atoms with Crippen LogP contribution in [-0.4, -0.2) is 15.7 Å². The van der Waals surface area contributed by atoms with Crippen molar-refractivity contribution in [2.45, 2.75) is 67.1 Å². The van der Waals surface area contributed by atoms with Crippen molar-refractivity contribution in [2.75, 3.05) is 0 Å². The van der Waals surface area contributed by atoms with E-state index in [1.165, 1.54) is 0 Å². The molecule has 1 rings (SSSR count). The minimum absolute atomic E-state index is 0.702. The highest BCUT2D eigenvalue weighted by Crippen LogP contribution is 2.45. The first kappa shape index (κ1) is 20.7. The maximum absolute atomic E-state index is 8.49. The molecule has 1 aromatic rings. The van der Waals surface area contributed by atoms with E-state index in [9.17, 15) is 0 Å². The van der Waals surface area contributed by atoms with Crippen LogP contribution < -0.4 is 18.6 Å². The van der Waals surface area contributed by atoms with Crippen LogP contribution in [0.25, 0.3) is 0 Å². The first-order valence-electron chi connectivity index (χ1n) is 6.15. The Bertz CT molecular complexity index is 387. The molecule has 0 fully saturated rings. The van der Waals surface area contributed by atoms with Gasteiger partial charge in [0.2, 0.25) is 0 Å². The highest BCUT2D eigenvalue weighted by atomic mass is 35.7. The Hall–Kier alpha value is 0.660. The zero-order valence-corrected chi connectivity index (χ0v) is 15.7. The average Bonchev–Trinajstić information content (AvgIpc) is 2.72. The third-order valence-corrected chi connectivity index (χ3v) is 5.35. The Labute approximate surface area is 135 Å². The standard InChI is InChI=1S/C12H21S3.ClHO4/c1-7(2)13-10-11(14-8(3)4)12(10)15-9(5)6;2-1(3,4)5/h7-9H,1-6H3;(H,2,3,4,5)/q+1;/p-1. The lowest BCUT2D eigenvalue weighted by atomic mass is 10.6. The summed E-state index contributed by atoms with van der Waals surface area (Å²) in [5.41, 5.74) is 0. The molecule has 8 heteroatoms. The maximum atomic E-state index is 8.49. The summed E-state index contributed by atoms with van der Waals surface area (Å²) < 4.78 is 35.5. The van der Waals surface area contributed by atoms with Crippen LogP contribution in [0, 0.1) is 14.8 Å². The number of hydrogen-bond acceptors (Lipinski definition) is 6. The molecule has 0 bridgehead atoms. The largest absolute Gasteiger partial charge is 0.254 e. The topological polar surface area (TPSA) is 92.2 Å². The van der Waals surface area contributed by atoms with Crippen LogP contribution in [-0.2, 0) is 11.4 Å². The van der Waals surface area contributed by atoms with Gasteiger partial charge in [-0.3, -0.25) is 0 Å². The summed E-state index contributed by atoms with van der Waals surface area (Å²) in [4.78, 5) is 3.14. The molecule has 1 aromatic carbocycles. The molecule has 0 heterocycles. The van der Waals surface area contributed by atoms with Crippen molar-refractivity contribution in [3.05, 3.63) is 4.51 Å². The average molecular weight is 361 g/mol. The van der Waals surface area contributed by atoms with E-state index in [-0.39, 0.29) is 0 Å². The van der Waals surface area contributed by atoms with E-state index in [2.05, 4.69) is 41.5 Å². The fraction of sp³-hybridized carbons (Fsp3) is 0.750. The molecule has 0 aromatic heterocycles. The molecule has 0 unspecified atom stereocenters. The van der Waals surface area contributed by atoms with E-state index in [1.54, 1.807) is 14.3 Å². The fourth-order valence-corrected chi connectivity index (χ4v) is 4.74. The van der Waals surface area contributed by atoms with Gasteiger partial charge < -0.3 is 0 Å². The molecule has 0 N–H and O–H groups in total. The molecule has 0 spiro atoms. The number of halogens is 1. The van der Waals surface area contributed by atoms with Gasteiger partial charge in [-0.2, -0.15) is 0 Å². The monoisotopic (exact) mass is 360 g/mol. The van der Waals surface area contributed by atoms with E-state index < -0.39 is 10.2 Å². The van der Waals surface area contributed by atoms with Crippen LogP contribution in [0.1, 0.15) is 41.5 Å². The molecule has 0 aliphatic rings. The van der Waals surface area contributed by atoms with Crippen LogP contribution in [0.2, 0.25) is 0 Å². The van der Waals surface area contributed by atoms with Crippen molar-refractivity contribution in [3.63, 3.8) is 0 Å². The zero-order chi connectivity index (χ0) is 16.1. The van der Waals surface area contributed by atoms with E-state index in [1.807, 2.05) is 34.9 Å². The minimum atomic E-state index is -4.94. The quantitative estimate of drug-likeness (QED) is 0.411. The summed E-state index contributed by atoms with van der Waals surface area (Å²) in [6.45, 7) is 13.6. The van der Waals surface area contributed by atoms with E-state index in [0.29, 0.717) is 15.7 Å². The van der Waals surface area contributed by atoms with Crippen LogP contribution in [0.3, 0.4) is 0 Å². The molecule has 0 aliphatic carbocycles. The molecule has 4 nitrogen and oxygen atoms in total. The van der Waals surface area contributed by atoms with E-state index in [0.717, 1.165) is 0 Å². The first-order chi connectivity index (χ1) is 8.91. The van der Waals surface area contributed by atoms with Gasteiger partial charge in [-0.15, -0.1) is 33.8 Å². The zero-order valence-electron chi connectivity index (χ0n) is 12.5. The number of rotatable bonds is 5. The predicted molar refractivity (Wildman–Crippen MR) is 76.5 cm³/mol. The summed E-state index contributed by atoms with van der Waals surface area (Å²) in [5, 5.41) is 2.11. The Balaban J connectivity index is 0.000000621. The van der Waals surface area contributed by atoms with Crippen LogP contribution in [0.5, 0.6) is 0 Å². The van der Waals surface area contributed by atoms with Gasteiger partial charge >= 0.3 is 0 Å². The summed E-state index contributed by atoms with van der Waals surface area (Å²) >= 11 is 6.06. The van der Waals surface area contributed by atoms with Crippen LogP contribution in [0.4, 0.5) is 0 Å². The lowest BCUT2D eigenvalue weighted by Crippen LogP contribution is -2.68. The maximum Gasteiger partial charge on any atom is 0.254 e. The van der Waals surface area contributed by atoms with Crippen molar-refractivity contribution in [1.29, 1.82) is 0 Å². The van der Waals surface area contributed by atoms with Crippen LogP contribution in [0.15, 0.2) is 9.79 Å². The lowest BCUT2D eigenvalue weighted by molar-refractivity contribution is -2.00. The first-order valence-corrected chi connectivity index (χ1v) is 10.0. The summed E-state index contributed by atoms with van der Waals surface area (Å²) in [5.74, 6) is 0. The van der Waals surface area contributed by atoms with Gasteiger partial charge in [0.1, 0.15) is 0 Å². The second-order valence-electron chi connectivity index (χ2n) is 4.87. The molecular formula is C12H21ClO4S3. The van der Waals surface area contributed by atoms with Gasteiger partial charge in [-0.25, -0.2) is 18.6 Å². The minimum Gasteiger partial charge on any atom is -0.222 e. The second-order valence-corrected chi connectivity index (χ2v) is 10.4. The van der Waals surface area contributed by atoms with Crippen molar-refractivity contribution >= 4 is 34.9 Å². The smallest absolute Gasteiger partial charge is 0.222 e. The van der Waals surface area contributed by atoms with Gasteiger partial charge in [0, 0.05) is 10.5 Å². The molecular weight excluding hydrogens is 340 g/mol. The summed E-state index contributed by atoms with van der Waals surface area (Å²) in [6.07, 6.45) is 0. The molecule has 0 aliphatic heterocycles. The molecule has 0 atom stereocenters. The molecule has 0 saturated carbocycles. The summed E-state index contributed by atoms with van der Waals surface area (Å²) in [7, 11) is -4.94. The van der Waals surface area contributed by atoms with Gasteiger partial charge in [0.25, 0.3) is 4.51 Å². The number of hydrogen-bond donors (Lipinski definition) is 0. The van der Waals surface area contributed by atoms with Gasteiger partial charge in [-0.1, -0.05) is 27.7 Å². The SMILES string of the molecule is CC(C)Sc1c(SC(C)C)c1=[S+]C(C)C.[O-][Cl+3]([O-])([O-])[O-]. The highest BCUT2D eigenvalue weighted by Gasteiger charge is 2.30. The van der Waals surface area contributed by atoms with Gasteiger partial charge in [-0.05, 0) is 13.8 Å². The summed E-state index contributed by atoms with van der Waals surface area (Å²) in [6, 6.07) is 0. The lowest BCUT2D eigenvalue weighted by Gasteiger charge is -2.17. The molecule has 0 amide bonds. The molecule has 0 saturated heterocycles. The Morgan fingerprint density at radius 1 is 0.800 bits per heavy atom. The third-order valence-electron chi connectivity index (χ3n) is 1.62. The van der Waals surface area contributed by atoms with Crippen molar-refractivity contribution in [3.8, 4) is 0 Å². The van der Waals surface area contributed by atoms with Gasteiger partial charge in [0.15, 0.2) is 16.6 Å². The Morgan fingerprint density at radius 2 is 1.10 bits per heavy atom. The Kier molecular flexibility index (Phi) is 9.24. The second kappa shape index (κ2) is 8.95. The van der Waals surface area contributed by atoms with E-state index in [4.69, 9.17) is 18.6 Å². The van der Waals surface area contributed by atoms with Crippen molar-refractivity contribution < 1.29 is 28.9 Å². The normalized spacial score (nSPS) is 12.2. The number of thioether (sulfide) groups is 2. The van der Waals surface area contributed by atoms with Crippen LogP contribution >= 0.6 is 23.5 Å². The Morgan fingerprint density at radius 3 is 1.30 bits per heavy atom. The molecule has 20 heavy (non-hydrogen) atoms. The van der Waals surface area contributed by atoms with Crippen molar-refractivity contribution in [2.24, 2.45) is 0 Å².